The van der Waals surface area contributed by atoms with Gasteiger partial charge in [0.2, 0.25) is 0 Å². The van der Waals surface area contributed by atoms with Gasteiger partial charge in [-0.3, -0.25) is 0 Å². The average molecular weight is 330 g/mol. The summed E-state index contributed by atoms with van der Waals surface area (Å²) in [4.78, 5) is 0. The molecule has 0 aliphatic heterocycles. The minimum absolute atomic E-state index is 0.419. The van der Waals surface area contributed by atoms with Crippen molar-refractivity contribution in [2.45, 2.75) is 39.2 Å². The Hall–Kier alpha value is -0.250. The van der Waals surface area contributed by atoms with E-state index in [0.29, 0.717) is 6.10 Å². The quantitative estimate of drug-likeness (QED) is 0.726. The highest BCUT2D eigenvalue weighted by Crippen LogP contribution is 2.32. The Morgan fingerprint density at radius 1 is 1.12 bits per heavy atom. The topological polar surface area (TPSA) is 9.23 Å². The van der Waals surface area contributed by atoms with E-state index in [9.17, 15) is 0 Å². The lowest BCUT2D eigenvalue weighted by atomic mass is 9.80. The van der Waals surface area contributed by atoms with Crippen LogP contribution in [0.2, 0.25) is 0 Å². The zero-order chi connectivity index (χ0) is 11.5. The van der Waals surface area contributed by atoms with Gasteiger partial charge < -0.3 is 4.74 Å². The number of halogens is 1. The van der Waals surface area contributed by atoms with E-state index in [1.54, 1.807) is 0 Å². The van der Waals surface area contributed by atoms with E-state index >= 15 is 0 Å². The second-order valence-electron chi connectivity index (χ2n) is 4.94. The SMILES string of the molecule is CC1CCC(Oc2ccccc2I)CC1C. The van der Waals surface area contributed by atoms with E-state index in [4.69, 9.17) is 4.74 Å². The minimum atomic E-state index is 0.419. The van der Waals surface area contributed by atoms with E-state index in [2.05, 4.69) is 54.6 Å². The third kappa shape index (κ3) is 2.90. The summed E-state index contributed by atoms with van der Waals surface area (Å²) in [6.07, 6.45) is 4.12. The maximum absolute atomic E-state index is 6.10. The molecule has 2 heteroatoms. The number of hydrogen-bond acceptors (Lipinski definition) is 1. The zero-order valence-electron chi connectivity index (χ0n) is 9.95. The van der Waals surface area contributed by atoms with Crippen LogP contribution in [0.5, 0.6) is 5.75 Å². The van der Waals surface area contributed by atoms with Crippen LogP contribution >= 0.6 is 22.6 Å². The van der Waals surface area contributed by atoms with Gasteiger partial charge in [0, 0.05) is 0 Å². The largest absolute Gasteiger partial charge is 0.489 e. The molecule has 88 valence electrons. The van der Waals surface area contributed by atoms with Gasteiger partial charge in [0.05, 0.1) is 9.67 Å². The summed E-state index contributed by atoms with van der Waals surface area (Å²) in [6.45, 7) is 4.70. The summed E-state index contributed by atoms with van der Waals surface area (Å²) >= 11 is 2.34. The normalized spacial score (nSPS) is 30.1. The van der Waals surface area contributed by atoms with Gasteiger partial charge in [-0.1, -0.05) is 26.0 Å². The smallest absolute Gasteiger partial charge is 0.133 e. The Labute approximate surface area is 112 Å². The predicted molar refractivity (Wildman–Crippen MR) is 75.8 cm³/mol. The Kier molecular flexibility index (Phi) is 4.11. The van der Waals surface area contributed by atoms with E-state index in [0.717, 1.165) is 17.6 Å². The highest BCUT2D eigenvalue weighted by Gasteiger charge is 2.25. The van der Waals surface area contributed by atoms with Crippen LogP contribution in [0.1, 0.15) is 33.1 Å². The summed E-state index contributed by atoms with van der Waals surface area (Å²) in [5, 5.41) is 0. The number of benzene rings is 1. The van der Waals surface area contributed by atoms with Crippen molar-refractivity contribution in [3.8, 4) is 5.75 Å². The molecule has 0 saturated heterocycles. The fourth-order valence-corrected chi connectivity index (χ4v) is 2.84. The predicted octanol–water partition coefficient (Wildman–Crippen LogP) is 4.49. The van der Waals surface area contributed by atoms with Crippen LogP contribution in [0.4, 0.5) is 0 Å². The van der Waals surface area contributed by atoms with Crippen molar-refractivity contribution >= 4 is 22.6 Å². The Balaban J connectivity index is 1.98. The van der Waals surface area contributed by atoms with Crippen LogP contribution in [0, 0.1) is 15.4 Å². The number of hydrogen-bond donors (Lipinski definition) is 0. The van der Waals surface area contributed by atoms with Crippen LogP contribution in [0.15, 0.2) is 24.3 Å². The van der Waals surface area contributed by atoms with Gasteiger partial charge in [-0.15, -0.1) is 0 Å². The summed E-state index contributed by atoms with van der Waals surface area (Å²) in [5.74, 6) is 2.70. The molecule has 1 aromatic carbocycles. The van der Waals surface area contributed by atoms with Gasteiger partial charge in [-0.2, -0.15) is 0 Å². The molecule has 1 aliphatic carbocycles. The second-order valence-corrected chi connectivity index (χ2v) is 6.10. The summed E-state index contributed by atoms with van der Waals surface area (Å²) < 4.78 is 7.31. The van der Waals surface area contributed by atoms with Crippen LogP contribution in [0.25, 0.3) is 0 Å². The van der Waals surface area contributed by atoms with Crippen molar-refractivity contribution in [1.82, 2.24) is 0 Å². The fourth-order valence-electron chi connectivity index (χ4n) is 2.33. The summed E-state index contributed by atoms with van der Waals surface area (Å²) in [5.41, 5.74) is 0. The third-order valence-corrected chi connectivity index (χ3v) is 4.57. The first-order valence-corrected chi connectivity index (χ1v) is 7.16. The molecule has 2 rings (SSSR count). The molecule has 0 radical (unpaired) electrons. The van der Waals surface area contributed by atoms with Crippen molar-refractivity contribution < 1.29 is 4.74 Å². The second kappa shape index (κ2) is 5.39. The van der Waals surface area contributed by atoms with E-state index in [-0.39, 0.29) is 0 Å². The number of rotatable bonds is 2. The van der Waals surface area contributed by atoms with Gasteiger partial charge in [-0.05, 0) is 65.8 Å². The lowest BCUT2D eigenvalue weighted by Crippen LogP contribution is -2.28. The van der Waals surface area contributed by atoms with Gasteiger partial charge in [-0.25, -0.2) is 0 Å². The Morgan fingerprint density at radius 2 is 1.88 bits per heavy atom. The Morgan fingerprint density at radius 3 is 2.56 bits per heavy atom. The van der Waals surface area contributed by atoms with Crippen molar-refractivity contribution in [3.63, 3.8) is 0 Å². The first-order chi connectivity index (χ1) is 7.66. The van der Waals surface area contributed by atoms with Crippen molar-refractivity contribution in [2.75, 3.05) is 0 Å². The molecule has 1 nitrogen and oxygen atoms in total. The molecule has 1 aromatic rings. The highest BCUT2D eigenvalue weighted by atomic mass is 127. The van der Waals surface area contributed by atoms with Crippen molar-refractivity contribution in [1.29, 1.82) is 0 Å². The van der Waals surface area contributed by atoms with E-state index < -0.39 is 0 Å². The summed E-state index contributed by atoms with van der Waals surface area (Å²) in [7, 11) is 0. The van der Waals surface area contributed by atoms with Gasteiger partial charge >= 0.3 is 0 Å². The molecule has 1 aliphatic rings. The van der Waals surface area contributed by atoms with Crippen LogP contribution in [0.3, 0.4) is 0 Å². The van der Waals surface area contributed by atoms with Crippen LogP contribution < -0.4 is 4.74 Å². The number of para-hydroxylation sites is 1. The van der Waals surface area contributed by atoms with Crippen LogP contribution in [-0.2, 0) is 0 Å². The molecule has 0 heterocycles. The lowest BCUT2D eigenvalue weighted by Gasteiger charge is -2.32. The van der Waals surface area contributed by atoms with Crippen molar-refractivity contribution in [3.05, 3.63) is 27.8 Å². The van der Waals surface area contributed by atoms with Crippen LogP contribution in [-0.4, -0.2) is 6.10 Å². The molecule has 3 unspecified atom stereocenters. The maximum Gasteiger partial charge on any atom is 0.133 e. The van der Waals surface area contributed by atoms with Crippen molar-refractivity contribution in [2.24, 2.45) is 11.8 Å². The third-order valence-electron chi connectivity index (χ3n) is 3.68. The lowest BCUT2D eigenvalue weighted by molar-refractivity contribution is 0.0998. The minimum Gasteiger partial charge on any atom is -0.489 e. The first-order valence-electron chi connectivity index (χ1n) is 6.08. The number of ether oxygens (including phenoxy) is 1. The molecule has 1 fully saturated rings. The maximum atomic E-state index is 6.10. The van der Waals surface area contributed by atoms with E-state index in [1.807, 2.05) is 6.07 Å². The fraction of sp³-hybridized carbons (Fsp3) is 0.571. The first kappa shape index (κ1) is 12.2. The van der Waals surface area contributed by atoms with Gasteiger partial charge in [0.1, 0.15) is 5.75 Å². The molecule has 3 atom stereocenters. The molecule has 0 spiro atoms. The highest BCUT2D eigenvalue weighted by molar-refractivity contribution is 14.1. The van der Waals surface area contributed by atoms with E-state index in [1.165, 1.54) is 22.8 Å². The Bertz CT molecular complexity index is 350. The molecular formula is C14H19IO. The molecule has 0 amide bonds. The molecule has 0 N–H and O–H groups in total. The molecule has 0 bridgehead atoms. The monoisotopic (exact) mass is 330 g/mol. The standard InChI is InChI=1S/C14H19IO/c1-10-7-8-12(9-11(10)2)16-14-6-4-3-5-13(14)15/h3-6,10-12H,7-9H2,1-2H3. The molecule has 16 heavy (non-hydrogen) atoms. The molecule has 1 saturated carbocycles. The average Bonchev–Trinajstić information content (AvgIpc) is 2.27. The molecule has 0 aromatic heterocycles. The zero-order valence-corrected chi connectivity index (χ0v) is 12.1. The molecular weight excluding hydrogens is 311 g/mol. The summed E-state index contributed by atoms with van der Waals surface area (Å²) in [6, 6.07) is 8.28. The van der Waals surface area contributed by atoms with Gasteiger partial charge in [0.25, 0.3) is 0 Å². The van der Waals surface area contributed by atoms with Gasteiger partial charge in [0.15, 0.2) is 0 Å².